The van der Waals surface area contributed by atoms with E-state index < -0.39 is 0 Å². The molecular weight excluding hydrogens is 216 g/mol. The van der Waals surface area contributed by atoms with E-state index in [0.717, 1.165) is 16.7 Å². The van der Waals surface area contributed by atoms with Crippen LogP contribution in [0.3, 0.4) is 0 Å². The maximum Gasteiger partial charge on any atom is 0.286 e. The summed E-state index contributed by atoms with van der Waals surface area (Å²) in [6, 6.07) is 5.73. The molecular formula is C13H14N2O2. The van der Waals surface area contributed by atoms with E-state index in [1.807, 2.05) is 32.0 Å². The third-order valence-corrected chi connectivity index (χ3v) is 2.67. The summed E-state index contributed by atoms with van der Waals surface area (Å²) in [7, 11) is 0. The highest BCUT2D eigenvalue weighted by atomic mass is 16.5. The van der Waals surface area contributed by atoms with Crippen LogP contribution in [0.25, 0.3) is 0 Å². The molecule has 4 heteroatoms. The van der Waals surface area contributed by atoms with Crippen molar-refractivity contribution >= 4 is 0 Å². The molecule has 0 bridgehead atoms. The van der Waals surface area contributed by atoms with Gasteiger partial charge >= 0.3 is 0 Å². The first-order chi connectivity index (χ1) is 8.10. The number of nitriles is 2. The van der Waals surface area contributed by atoms with Crippen molar-refractivity contribution in [3.63, 3.8) is 0 Å². The molecule has 17 heavy (non-hydrogen) atoms. The Balaban J connectivity index is 3.03. The summed E-state index contributed by atoms with van der Waals surface area (Å²) in [6.07, 6.45) is 2.76. The van der Waals surface area contributed by atoms with E-state index in [1.165, 1.54) is 0 Å². The molecule has 0 N–H and O–H groups in total. The van der Waals surface area contributed by atoms with Crippen molar-refractivity contribution in [3.8, 4) is 12.5 Å². The highest BCUT2D eigenvalue weighted by Gasteiger charge is 2.13. The number of nitrogens with zero attached hydrogens (tertiary/aromatic N) is 2. The first-order valence-electron chi connectivity index (χ1n) is 5.30. The molecule has 0 fully saturated rings. The van der Waals surface area contributed by atoms with Gasteiger partial charge in [0.2, 0.25) is 0 Å². The van der Waals surface area contributed by atoms with Crippen LogP contribution in [0.1, 0.15) is 42.7 Å². The Hall–Kier alpha value is -2.20. The van der Waals surface area contributed by atoms with Gasteiger partial charge in [-0.3, -0.25) is 0 Å². The van der Waals surface area contributed by atoms with E-state index in [9.17, 15) is 0 Å². The van der Waals surface area contributed by atoms with Gasteiger partial charge in [0.1, 0.15) is 12.2 Å². The summed E-state index contributed by atoms with van der Waals surface area (Å²) in [6.45, 7) is 5.56. The first kappa shape index (κ1) is 12.9. The minimum atomic E-state index is -0.298. The standard InChI is InChI=1S/C13H14N2O2/c1-9-4-5-12(10(2)16-7-14)6-13(9)11(3)17-8-15/h4-6,10-11H,1-3H3. The number of hydrogen-bond donors (Lipinski definition) is 0. The fourth-order valence-electron chi connectivity index (χ4n) is 1.64. The molecule has 0 aliphatic rings. The zero-order valence-corrected chi connectivity index (χ0v) is 10.1. The van der Waals surface area contributed by atoms with Crippen LogP contribution >= 0.6 is 0 Å². The normalized spacial score (nSPS) is 13.0. The maximum absolute atomic E-state index is 8.51. The summed E-state index contributed by atoms with van der Waals surface area (Å²) in [5.41, 5.74) is 2.86. The fraction of sp³-hybridized carbons (Fsp3) is 0.385. The average molecular weight is 230 g/mol. The van der Waals surface area contributed by atoms with Crippen molar-refractivity contribution in [2.24, 2.45) is 0 Å². The lowest BCUT2D eigenvalue weighted by Gasteiger charge is -2.15. The second kappa shape index (κ2) is 5.77. The fourth-order valence-corrected chi connectivity index (χ4v) is 1.64. The van der Waals surface area contributed by atoms with Crippen LogP contribution in [0.15, 0.2) is 18.2 Å². The van der Waals surface area contributed by atoms with Gasteiger partial charge in [-0.2, -0.15) is 10.5 Å². The Labute approximate surface area is 101 Å². The van der Waals surface area contributed by atoms with Gasteiger partial charge in [-0.05, 0) is 43.5 Å². The zero-order chi connectivity index (χ0) is 12.8. The van der Waals surface area contributed by atoms with Crippen LogP contribution in [0.2, 0.25) is 0 Å². The minimum absolute atomic E-state index is 0.297. The highest BCUT2D eigenvalue weighted by molar-refractivity contribution is 5.33. The number of aryl methyl sites for hydroxylation is 1. The molecule has 0 aliphatic heterocycles. The van der Waals surface area contributed by atoms with Crippen LogP contribution < -0.4 is 0 Å². The molecule has 0 saturated heterocycles. The molecule has 88 valence electrons. The van der Waals surface area contributed by atoms with Crippen molar-refractivity contribution in [2.45, 2.75) is 33.0 Å². The van der Waals surface area contributed by atoms with Gasteiger partial charge < -0.3 is 9.47 Å². The molecule has 2 atom stereocenters. The Kier molecular flexibility index (Phi) is 4.37. The van der Waals surface area contributed by atoms with Crippen molar-refractivity contribution in [1.29, 1.82) is 10.5 Å². The van der Waals surface area contributed by atoms with E-state index in [4.69, 9.17) is 20.0 Å². The van der Waals surface area contributed by atoms with Crippen LogP contribution in [0.4, 0.5) is 0 Å². The second-order valence-electron chi connectivity index (χ2n) is 3.82. The van der Waals surface area contributed by atoms with Crippen molar-refractivity contribution < 1.29 is 9.47 Å². The molecule has 0 amide bonds. The molecule has 0 aromatic heterocycles. The summed E-state index contributed by atoms with van der Waals surface area (Å²) >= 11 is 0. The van der Waals surface area contributed by atoms with Gasteiger partial charge in [0.15, 0.2) is 0 Å². The lowest BCUT2D eigenvalue weighted by atomic mass is 9.99. The number of hydrogen-bond acceptors (Lipinski definition) is 4. The predicted octanol–water partition coefficient (Wildman–Crippen LogP) is 3.11. The third-order valence-electron chi connectivity index (χ3n) is 2.67. The molecule has 0 heterocycles. The van der Waals surface area contributed by atoms with Crippen molar-refractivity contribution in [1.82, 2.24) is 0 Å². The topological polar surface area (TPSA) is 66.0 Å². The quantitative estimate of drug-likeness (QED) is 0.745. The van der Waals surface area contributed by atoms with Gasteiger partial charge in [0, 0.05) is 0 Å². The van der Waals surface area contributed by atoms with Gasteiger partial charge in [0.25, 0.3) is 12.5 Å². The lowest BCUT2D eigenvalue weighted by molar-refractivity contribution is 0.176. The van der Waals surface area contributed by atoms with E-state index in [-0.39, 0.29) is 12.2 Å². The zero-order valence-electron chi connectivity index (χ0n) is 10.1. The molecule has 0 spiro atoms. The highest BCUT2D eigenvalue weighted by Crippen LogP contribution is 2.25. The average Bonchev–Trinajstić information content (AvgIpc) is 2.30. The first-order valence-corrected chi connectivity index (χ1v) is 5.30. The van der Waals surface area contributed by atoms with Crippen LogP contribution in [0, 0.1) is 30.0 Å². The summed E-state index contributed by atoms with van der Waals surface area (Å²) < 4.78 is 9.77. The molecule has 0 saturated carbocycles. The van der Waals surface area contributed by atoms with Crippen LogP contribution in [-0.4, -0.2) is 0 Å². The molecule has 0 radical (unpaired) electrons. The lowest BCUT2D eigenvalue weighted by Crippen LogP contribution is -2.02. The number of benzene rings is 1. The van der Waals surface area contributed by atoms with Gasteiger partial charge in [-0.1, -0.05) is 12.1 Å². The van der Waals surface area contributed by atoms with Crippen molar-refractivity contribution in [2.75, 3.05) is 0 Å². The molecule has 1 rings (SSSR count). The molecule has 4 nitrogen and oxygen atoms in total. The largest absolute Gasteiger partial charge is 0.420 e. The van der Waals surface area contributed by atoms with Crippen LogP contribution in [0.5, 0.6) is 0 Å². The molecule has 1 aromatic rings. The maximum atomic E-state index is 8.51. The third kappa shape index (κ3) is 3.12. The Morgan fingerprint density at radius 2 is 1.65 bits per heavy atom. The predicted molar refractivity (Wildman–Crippen MR) is 61.4 cm³/mol. The Bertz CT molecular complexity index is 471. The van der Waals surface area contributed by atoms with E-state index in [2.05, 4.69) is 0 Å². The van der Waals surface area contributed by atoms with Gasteiger partial charge in [-0.15, -0.1) is 0 Å². The smallest absolute Gasteiger partial charge is 0.286 e. The van der Waals surface area contributed by atoms with E-state index in [1.54, 1.807) is 19.4 Å². The summed E-state index contributed by atoms with van der Waals surface area (Å²) in [5.74, 6) is 0. The number of rotatable bonds is 4. The molecule has 2 unspecified atom stereocenters. The molecule has 0 aliphatic carbocycles. The SMILES string of the molecule is Cc1ccc(C(C)OC#N)cc1C(C)OC#N. The van der Waals surface area contributed by atoms with Gasteiger partial charge in [-0.25, -0.2) is 0 Å². The van der Waals surface area contributed by atoms with E-state index >= 15 is 0 Å². The van der Waals surface area contributed by atoms with E-state index in [0.29, 0.717) is 0 Å². The number of ether oxygens (including phenoxy) is 2. The summed E-state index contributed by atoms with van der Waals surface area (Å²) in [5, 5.41) is 17.0. The second-order valence-corrected chi connectivity index (χ2v) is 3.82. The summed E-state index contributed by atoms with van der Waals surface area (Å²) in [4.78, 5) is 0. The van der Waals surface area contributed by atoms with Crippen LogP contribution in [-0.2, 0) is 9.47 Å². The monoisotopic (exact) mass is 230 g/mol. The van der Waals surface area contributed by atoms with Gasteiger partial charge in [0.05, 0.1) is 0 Å². The Morgan fingerprint density at radius 3 is 2.24 bits per heavy atom. The molecule has 1 aromatic carbocycles. The van der Waals surface area contributed by atoms with Crippen molar-refractivity contribution in [3.05, 3.63) is 34.9 Å². The minimum Gasteiger partial charge on any atom is -0.420 e. The Morgan fingerprint density at radius 1 is 1.06 bits per heavy atom.